The number of nitrogens with one attached hydrogen (secondary N) is 1. The lowest BCUT2D eigenvalue weighted by molar-refractivity contribution is -0.0541. The average molecular weight is 575 g/mol. The van der Waals surface area contributed by atoms with Crippen molar-refractivity contribution in [3.63, 3.8) is 0 Å². The molecule has 17 heteroatoms. The van der Waals surface area contributed by atoms with Gasteiger partial charge in [-0.15, -0.1) is 10.2 Å². The van der Waals surface area contributed by atoms with Gasteiger partial charge in [-0.25, -0.2) is 39.6 Å². The Kier molecular flexibility index (Phi) is 6.82. The van der Waals surface area contributed by atoms with Gasteiger partial charge in [-0.3, -0.25) is 0 Å². The van der Waals surface area contributed by atoms with E-state index in [1.54, 1.807) is 18.2 Å². The molecule has 0 aliphatic carbocycles. The zero-order chi connectivity index (χ0) is 28.1. The predicted octanol–water partition coefficient (Wildman–Crippen LogP) is 3.03. The normalized spacial score (nSPS) is 18.3. The Labute approximate surface area is 218 Å². The van der Waals surface area contributed by atoms with Crippen LogP contribution in [0, 0.1) is 5.82 Å². The van der Waals surface area contributed by atoms with E-state index in [0.29, 0.717) is 20.9 Å². The number of piperidine rings is 1. The van der Waals surface area contributed by atoms with E-state index in [1.807, 2.05) is 0 Å². The fraction of sp³-hybridized carbons (Fsp3) is 0.455. The van der Waals surface area contributed by atoms with Crippen LogP contribution in [0.2, 0.25) is 0 Å². The number of aryl methyl sites for hydroxylation is 1. The van der Waals surface area contributed by atoms with E-state index in [0.717, 1.165) is 17.0 Å². The third kappa shape index (κ3) is 5.19. The number of benzene rings is 1. The Morgan fingerprint density at radius 2 is 2.05 bits per heavy atom. The van der Waals surface area contributed by atoms with Gasteiger partial charge in [0, 0.05) is 19.5 Å². The van der Waals surface area contributed by atoms with E-state index in [1.165, 1.54) is 11.8 Å². The van der Waals surface area contributed by atoms with Crippen molar-refractivity contribution in [1.29, 1.82) is 0 Å². The van der Waals surface area contributed by atoms with E-state index in [9.17, 15) is 26.0 Å². The topological polar surface area (TPSA) is 120 Å². The van der Waals surface area contributed by atoms with E-state index >= 15 is 4.39 Å². The highest BCUT2D eigenvalue weighted by Gasteiger charge is 2.47. The molecule has 4 heterocycles. The summed E-state index contributed by atoms with van der Waals surface area (Å²) >= 11 is 0. The van der Waals surface area contributed by atoms with Crippen molar-refractivity contribution in [3.8, 4) is 17.0 Å². The molecule has 1 aliphatic heterocycles. The lowest BCUT2D eigenvalue weighted by Crippen LogP contribution is -2.55. The van der Waals surface area contributed by atoms with Gasteiger partial charge in [0.05, 0.1) is 43.2 Å². The highest BCUT2D eigenvalue weighted by molar-refractivity contribution is 7.88. The summed E-state index contributed by atoms with van der Waals surface area (Å²) in [6, 6.07) is 3.18. The van der Waals surface area contributed by atoms with Crippen molar-refractivity contribution in [2.75, 3.05) is 31.8 Å². The van der Waals surface area contributed by atoms with E-state index in [-0.39, 0.29) is 42.4 Å². The summed E-state index contributed by atoms with van der Waals surface area (Å²) in [5.41, 5.74) is 1.31. The van der Waals surface area contributed by atoms with Crippen LogP contribution >= 0.6 is 0 Å². The number of rotatable bonds is 8. The van der Waals surface area contributed by atoms with Gasteiger partial charge in [0.25, 0.3) is 5.92 Å². The number of alkyl halides is 4. The minimum atomic E-state index is -3.80. The Morgan fingerprint density at radius 1 is 1.28 bits per heavy atom. The molecule has 3 aromatic heterocycles. The van der Waals surface area contributed by atoms with Gasteiger partial charge < -0.3 is 10.1 Å². The summed E-state index contributed by atoms with van der Waals surface area (Å²) in [5, 5.41) is 14.5. The molecular formula is C22H23F5N8O3S. The standard InChI is InChI=1S/C22H23F5N8O3S/c1-38-20-19-18(12-3-4-14-15(9-12)34(32-30-14)8-6-17(24)25)13(23)10-35(19)31-21(29-20)28-16-5-7-33(39(2,36)37)11-22(16,26)27/h3-4,9-10,16-17H,5-8,11H2,1-2H3,(H,28,31)/t16-/m1/s1. The first-order chi connectivity index (χ1) is 18.4. The number of anilines is 1. The number of methoxy groups -OCH3 is 1. The Balaban J connectivity index is 1.50. The molecule has 1 aliphatic rings. The molecule has 39 heavy (non-hydrogen) atoms. The highest BCUT2D eigenvalue weighted by Crippen LogP contribution is 2.36. The summed E-state index contributed by atoms with van der Waals surface area (Å²) in [6.07, 6.45) is -1.29. The maximum Gasteiger partial charge on any atom is 0.281 e. The third-order valence-electron chi connectivity index (χ3n) is 6.44. The number of ether oxygens (including phenoxy) is 1. The number of fused-ring (bicyclic) bond motifs is 2. The van der Waals surface area contributed by atoms with Crippen molar-refractivity contribution in [1.82, 2.24) is 33.9 Å². The Hall–Kier alpha value is -3.60. The molecule has 1 saturated heterocycles. The quantitative estimate of drug-likeness (QED) is 0.319. The van der Waals surface area contributed by atoms with Crippen molar-refractivity contribution in [3.05, 3.63) is 30.2 Å². The van der Waals surface area contributed by atoms with Crippen molar-refractivity contribution >= 4 is 32.5 Å². The molecule has 0 unspecified atom stereocenters. The lowest BCUT2D eigenvalue weighted by Gasteiger charge is -2.37. The number of hydrogen-bond donors (Lipinski definition) is 1. The van der Waals surface area contributed by atoms with Crippen LogP contribution in [0.5, 0.6) is 5.88 Å². The Bertz CT molecular complexity index is 1640. The Morgan fingerprint density at radius 3 is 2.72 bits per heavy atom. The number of sulfonamides is 1. The minimum Gasteiger partial charge on any atom is -0.479 e. The van der Waals surface area contributed by atoms with Gasteiger partial charge >= 0.3 is 0 Å². The summed E-state index contributed by atoms with van der Waals surface area (Å²) in [7, 11) is -2.52. The number of nitrogens with zero attached hydrogens (tertiary/aromatic N) is 7. The van der Waals surface area contributed by atoms with Crippen LogP contribution in [0.1, 0.15) is 12.8 Å². The molecule has 0 saturated carbocycles. The summed E-state index contributed by atoms with van der Waals surface area (Å²) in [4.78, 5) is 4.15. The van der Waals surface area contributed by atoms with E-state index < -0.39 is 47.2 Å². The minimum absolute atomic E-state index is 0.0358. The smallest absolute Gasteiger partial charge is 0.281 e. The van der Waals surface area contributed by atoms with Crippen LogP contribution in [0.15, 0.2) is 24.4 Å². The second kappa shape index (κ2) is 9.86. The molecule has 210 valence electrons. The van der Waals surface area contributed by atoms with Crippen molar-refractivity contribution < 1.29 is 35.1 Å². The van der Waals surface area contributed by atoms with Crippen molar-refractivity contribution in [2.45, 2.75) is 37.8 Å². The fourth-order valence-electron chi connectivity index (χ4n) is 4.53. The van der Waals surface area contributed by atoms with Gasteiger partial charge in [-0.2, -0.15) is 9.29 Å². The first-order valence-corrected chi connectivity index (χ1v) is 13.6. The third-order valence-corrected chi connectivity index (χ3v) is 7.69. The van der Waals surface area contributed by atoms with Crippen LogP contribution in [-0.2, 0) is 16.6 Å². The second-order valence-corrected chi connectivity index (χ2v) is 11.1. The molecular weight excluding hydrogens is 551 g/mol. The van der Waals surface area contributed by atoms with Crippen LogP contribution in [0.4, 0.5) is 27.9 Å². The molecule has 1 fully saturated rings. The second-order valence-electron chi connectivity index (χ2n) is 9.13. The zero-order valence-corrected chi connectivity index (χ0v) is 21.5. The molecule has 1 aromatic carbocycles. The SMILES string of the molecule is COc1nc(N[C@@H]2CCN(S(C)(=O)=O)CC2(F)F)nn2cc(F)c(-c3ccc4nnn(CCC(F)F)c4c3)c12. The summed E-state index contributed by atoms with van der Waals surface area (Å²) in [5.74, 6) is -4.55. The molecule has 1 atom stereocenters. The molecule has 0 spiro atoms. The van der Waals surface area contributed by atoms with Crippen LogP contribution in [-0.4, -0.2) is 87.2 Å². The molecule has 4 aromatic rings. The largest absolute Gasteiger partial charge is 0.479 e. The summed E-state index contributed by atoms with van der Waals surface area (Å²) in [6.45, 7) is -1.22. The zero-order valence-electron chi connectivity index (χ0n) is 20.7. The lowest BCUT2D eigenvalue weighted by atomic mass is 10.0. The number of hydrogen-bond acceptors (Lipinski definition) is 8. The predicted molar refractivity (Wildman–Crippen MR) is 130 cm³/mol. The van der Waals surface area contributed by atoms with E-state index in [2.05, 4.69) is 25.7 Å². The van der Waals surface area contributed by atoms with Gasteiger partial charge in [0.2, 0.25) is 28.3 Å². The molecule has 0 bridgehead atoms. The molecule has 0 amide bonds. The first-order valence-electron chi connectivity index (χ1n) is 11.7. The molecule has 11 nitrogen and oxygen atoms in total. The first kappa shape index (κ1) is 27.0. The fourth-order valence-corrected chi connectivity index (χ4v) is 5.37. The van der Waals surface area contributed by atoms with E-state index in [4.69, 9.17) is 4.74 Å². The van der Waals surface area contributed by atoms with Gasteiger partial charge in [0.1, 0.15) is 11.0 Å². The average Bonchev–Trinajstić information content (AvgIpc) is 3.41. The monoisotopic (exact) mass is 574 g/mol. The van der Waals surface area contributed by atoms with Gasteiger partial charge in [-0.05, 0) is 24.1 Å². The molecule has 0 radical (unpaired) electrons. The summed E-state index contributed by atoms with van der Waals surface area (Å²) < 4.78 is 102. The number of halogens is 5. The van der Waals surface area contributed by atoms with Crippen LogP contribution in [0.25, 0.3) is 27.7 Å². The van der Waals surface area contributed by atoms with Gasteiger partial charge in [0.15, 0.2) is 5.82 Å². The number of aromatic nitrogens is 6. The maximum absolute atomic E-state index is 15.3. The van der Waals surface area contributed by atoms with Crippen molar-refractivity contribution in [2.24, 2.45) is 0 Å². The highest BCUT2D eigenvalue weighted by atomic mass is 32.2. The van der Waals surface area contributed by atoms with Crippen LogP contribution < -0.4 is 10.1 Å². The molecule has 1 N–H and O–H groups in total. The van der Waals surface area contributed by atoms with Gasteiger partial charge in [-0.1, -0.05) is 11.3 Å². The van der Waals surface area contributed by atoms with Crippen LogP contribution in [0.3, 0.4) is 0 Å². The molecule has 5 rings (SSSR count). The maximum atomic E-state index is 15.3.